The van der Waals surface area contributed by atoms with Gasteiger partial charge in [-0.25, -0.2) is 10.9 Å². The average molecular weight is 481 g/mol. The Hall–Kier alpha value is -3.68. The molecule has 0 atom stereocenters. The lowest BCUT2D eigenvalue weighted by Gasteiger charge is -2.06. The Balaban J connectivity index is 1.62. The maximum atomic E-state index is 12.0. The van der Waals surface area contributed by atoms with Crippen LogP contribution in [0.15, 0.2) is 58.7 Å². The molecule has 0 aliphatic rings. The Morgan fingerprint density at radius 2 is 1.03 bits per heavy atom. The van der Waals surface area contributed by atoms with Crippen LogP contribution in [0.1, 0.15) is 70.9 Å². The first-order chi connectivity index (χ1) is 16.9. The number of unbranched alkanes of at least 4 members (excludes halogenated alkanes) is 2. The second kappa shape index (κ2) is 15.3. The second-order valence-electron chi connectivity index (χ2n) is 7.94. The Morgan fingerprint density at radius 3 is 1.37 bits per heavy atom. The standard InChI is InChI=1S/C27H36N4O4/c1-5-34-24-16-12-22(13-17-24)20(3)28-30-26(32)10-8-7-9-11-27(33)31-29-21(4)23-14-18-25(19-15-23)35-6-2/h12-19H,5-11H2,1-4H3,(H,30,32)(H,31,33). The zero-order valence-electron chi connectivity index (χ0n) is 21.1. The summed E-state index contributed by atoms with van der Waals surface area (Å²) in [5.41, 5.74) is 8.46. The summed E-state index contributed by atoms with van der Waals surface area (Å²) >= 11 is 0. The minimum atomic E-state index is -0.143. The molecule has 2 N–H and O–H groups in total. The van der Waals surface area contributed by atoms with Crippen LogP contribution in [-0.2, 0) is 9.59 Å². The van der Waals surface area contributed by atoms with Gasteiger partial charge in [-0.3, -0.25) is 9.59 Å². The quantitative estimate of drug-likeness (QED) is 0.230. The largest absolute Gasteiger partial charge is 0.494 e. The van der Waals surface area contributed by atoms with Gasteiger partial charge in [-0.1, -0.05) is 6.42 Å². The molecular formula is C27H36N4O4. The topological polar surface area (TPSA) is 101 Å². The fraction of sp³-hybridized carbons (Fsp3) is 0.407. The van der Waals surface area contributed by atoms with Crippen LogP contribution in [0.5, 0.6) is 11.5 Å². The summed E-state index contributed by atoms with van der Waals surface area (Å²) in [4.78, 5) is 24.1. The first-order valence-corrected chi connectivity index (χ1v) is 12.1. The molecule has 0 bridgehead atoms. The summed E-state index contributed by atoms with van der Waals surface area (Å²) in [6.45, 7) is 8.79. The molecule has 0 radical (unpaired) electrons. The fourth-order valence-electron chi connectivity index (χ4n) is 3.20. The van der Waals surface area contributed by atoms with Gasteiger partial charge in [0.15, 0.2) is 0 Å². The predicted octanol–water partition coefficient (Wildman–Crippen LogP) is 4.82. The van der Waals surface area contributed by atoms with E-state index in [-0.39, 0.29) is 11.8 Å². The number of nitrogens with zero attached hydrogens (tertiary/aromatic N) is 2. The molecule has 2 rings (SSSR count). The zero-order chi connectivity index (χ0) is 25.5. The highest BCUT2D eigenvalue weighted by Gasteiger charge is 2.05. The van der Waals surface area contributed by atoms with Crippen LogP contribution in [-0.4, -0.2) is 36.5 Å². The smallest absolute Gasteiger partial charge is 0.240 e. The number of ether oxygens (including phenoxy) is 2. The molecule has 188 valence electrons. The van der Waals surface area contributed by atoms with Crippen molar-refractivity contribution in [2.75, 3.05) is 13.2 Å². The van der Waals surface area contributed by atoms with Crippen LogP contribution in [0.4, 0.5) is 0 Å². The first kappa shape index (κ1) is 27.6. The van der Waals surface area contributed by atoms with E-state index in [4.69, 9.17) is 9.47 Å². The molecule has 0 saturated heterocycles. The van der Waals surface area contributed by atoms with E-state index in [1.807, 2.05) is 76.2 Å². The van der Waals surface area contributed by atoms with Crippen LogP contribution in [0.3, 0.4) is 0 Å². The van der Waals surface area contributed by atoms with E-state index in [1.165, 1.54) is 0 Å². The van der Waals surface area contributed by atoms with Crippen molar-refractivity contribution in [3.8, 4) is 11.5 Å². The highest BCUT2D eigenvalue weighted by molar-refractivity contribution is 5.99. The number of amides is 2. The van der Waals surface area contributed by atoms with Crippen molar-refractivity contribution >= 4 is 23.2 Å². The summed E-state index contributed by atoms with van der Waals surface area (Å²) in [6.07, 6.45) is 2.85. The van der Waals surface area contributed by atoms with E-state index in [9.17, 15) is 9.59 Å². The van der Waals surface area contributed by atoms with E-state index in [2.05, 4.69) is 21.1 Å². The number of hydrogen-bond acceptors (Lipinski definition) is 6. The average Bonchev–Trinajstić information content (AvgIpc) is 2.87. The number of hydrogen-bond donors (Lipinski definition) is 2. The van der Waals surface area contributed by atoms with E-state index in [1.54, 1.807) is 0 Å². The molecule has 0 aromatic heterocycles. The molecule has 8 heteroatoms. The van der Waals surface area contributed by atoms with Crippen LogP contribution in [0, 0.1) is 0 Å². The van der Waals surface area contributed by atoms with Crippen molar-refractivity contribution in [2.24, 2.45) is 10.2 Å². The monoisotopic (exact) mass is 480 g/mol. The molecule has 0 saturated carbocycles. The molecule has 0 fully saturated rings. The van der Waals surface area contributed by atoms with Gasteiger partial charge in [0.25, 0.3) is 0 Å². The number of hydrazone groups is 2. The van der Waals surface area contributed by atoms with Gasteiger partial charge in [-0.15, -0.1) is 0 Å². The normalized spacial score (nSPS) is 11.7. The number of benzene rings is 2. The van der Waals surface area contributed by atoms with Gasteiger partial charge in [0, 0.05) is 12.8 Å². The van der Waals surface area contributed by atoms with Gasteiger partial charge < -0.3 is 9.47 Å². The molecule has 0 aliphatic carbocycles. The Bertz CT molecular complexity index is 917. The minimum absolute atomic E-state index is 0.143. The minimum Gasteiger partial charge on any atom is -0.494 e. The molecule has 0 spiro atoms. The number of rotatable bonds is 14. The third-order valence-electron chi connectivity index (χ3n) is 5.17. The number of carbonyl (C=O) groups excluding carboxylic acids is 2. The Labute approximate surface area is 207 Å². The Morgan fingerprint density at radius 1 is 0.657 bits per heavy atom. The summed E-state index contributed by atoms with van der Waals surface area (Å²) in [7, 11) is 0. The predicted molar refractivity (Wildman–Crippen MR) is 139 cm³/mol. The number of nitrogens with one attached hydrogen (secondary N) is 2. The third-order valence-corrected chi connectivity index (χ3v) is 5.17. The van der Waals surface area contributed by atoms with Crippen molar-refractivity contribution in [3.05, 3.63) is 59.7 Å². The molecule has 0 unspecified atom stereocenters. The van der Waals surface area contributed by atoms with E-state index < -0.39 is 0 Å². The second-order valence-corrected chi connectivity index (χ2v) is 7.94. The number of carbonyl (C=O) groups is 2. The van der Waals surface area contributed by atoms with Gasteiger partial charge in [0.2, 0.25) is 11.8 Å². The zero-order valence-corrected chi connectivity index (χ0v) is 21.1. The molecule has 0 aliphatic heterocycles. The van der Waals surface area contributed by atoms with E-state index >= 15 is 0 Å². The molecular weight excluding hydrogens is 444 g/mol. The van der Waals surface area contributed by atoms with E-state index in [0.29, 0.717) is 38.9 Å². The summed E-state index contributed by atoms with van der Waals surface area (Å²) < 4.78 is 10.9. The van der Waals surface area contributed by atoms with Crippen molar-refractivity contribution in [2.45, 2.75) is 59.8 Å². The molecule has 8 nitrogen and oxygen atoms in total. The Kier molecular flexibility index (Phi) is 12.0. The third kappa shape index (κ3) is 10.4. The summed E-state index contributed by atoms with van der Waals surface area (Å²) in [5, 5.41) is 8.33. The maximum Gasteiger partial charge on any atom is 0.240 e. The molecule has 2 amide bonds. The van der Waals surface area contributed by atoms with Crippen molar-refractivity contribution in [3.63, 3.8) is 0 Å². The van der Waals surface area contributed by atoms with Crippen LogP contribution < -0.4 is 20.3 Å². The molecule has 35 heavy (non-hydrogen) atoms. The lowest BCUT2D eigenvalue weighted by atomic mass is 10.1. The molecule has 0 heterocycles. The fourth-order valence-corrected chi connectivity index (χ4v) is 3.20. The van der Waals surface area contributed by atoms with Crippen molar-refractivity contribution in [1.82, 2.24) is 10.9 Å². The molecule has 2 aromatic carbocycles. The lowest BCUT2D eigenvalue weighted by molar-refractivity contribution is -0.121. The highest BCUT2D eigenvalue weighted by Crippen LogP contribution is 2.13. The highest BCUT2D eigenvalue weighted by atomic mass is 16.5. The lowest BCUT2D eigenvalue weighted by Crippen LogP contribution is -2.19. The van der Waals surface area contributed by atoms with Gasteiger partial charge in [-0.2, -0.15) is 10.2 Å². The van der Waals surface area contributed by atoms with Gasteiger partial charge >= 0.3 is 0 Å². The first-order valence-electron chi connectivity index (χ1n) is 12.1. The SMILES string of the molecule is CCOc1ccc(C(C)=NNC(=O)CCCCCC(=O)NN=C(C)c2ccc(OCC)cc2)cc1. The maximum absolute atomic E-state index is 12.0. The van der Waals surface area contributed by atoms with E-state index in [0.717, 1.165) is 40.5 Å². The van der Waals surface area contributed by atoms with Crippen LogP contribution in [0.2, 0.25) is 0 Å². The van der Waals surface area contributed by atoms with Gasteiger partial charge in [0.05, 0.1) is 24.6 Å². The van der Waals surface area contributed by atoms with Crippen LogP contribution in [0.25, 0.3) is 0 Å². The summed E-state index contributed by atoms with van der Waals surface area (Å²) in [6, 6.07) is 15.1. The molecule has 2 aromatic rings. The van der Waals surface area contributed by atoms with Gasteiger partial charge in [0.1, 0.15) is 11.5 Å². The summed E-state index contributed by atoms with van der Waals surface area (Å²) in [5.74, 6) is 1.32. The van der Waals surface area contributed by atoms with Crippen LogP contribution >= 0.6 is 0 Å². The van der Waals surface area contributed by atoms with Crippen molar-refractivity contribution < 1.29 is 19.1 Å². The van der Waals surface area contributed by atoms with Gasteiger partial charge in [-0.05, 0) is 100 Å². The van der Waals surface area contributed by atoms with Crippen molar-refractivity contribution in [1.29, 1.82) is 0 Å².